The van der Waals surface area contributed by atoms with Crippen molar-refractivity contribution >= 4 is 29.4 Å². The first-order valence-corrected chi connectivity index (χ1v) is 8.82. The number of halogens is 3. The molecular formula is C14H14F3N3O2S2. The van der Waals surface area contributed by atoms with E-state index in [0.29, 0.717) is 27.9 Å². The number of carbonyl (C=O) groups excluding carboxylic acids is 1. The smallest absolute Gasteiger partial charge is 0.351 e. The van der Waals surface area contributed by atoms with Crippen LogP contribution in [0.1, 0.15) is 22.1 Å². The number of thioether (sulfide) groups is 2. The number of nitrogens with zero attached hydrogens (tertiary/aromatic N) is 2. The minimum absolute atomic E-state index is 0.0646. The highest BCUT2D eigenvalue weighted by Crippen LogP contribution is 2.29. The van der Waals surface area contributed by atoms with Crippen molar-refractivity contribution in [2.75, 3.05) is 12.3 Å². The van der Waals surface area contributed by atoms with Gasteiger partial charge in [-0.2, -0.15) is 18.2 Å². The van der Waals surface area contributed by atoms with Gasteiger partial charge in [0.05, 0.1) is 11.3 Å². The molecule has 0 atom stereocenters. The molecule has 5 nitrogen and oxygen atoms in total. The molecule has 0 radical (unpaired) electrons. The molecule has 0 aliphatic heterocycles. The minimum Gasteiger partial charge on any atom is -0.351 e. The topological polar surface area (TPSA) is 68.0 Å². The fourth-order valence-electron chi connectivity index (χ4n) is 1.74. The molecule has 10 heteroatoms. The summed E-state index contributed by atoms with van der Waals surface area (Å²) < 4.78 is 41.2. The number of hydrogen-bond donors (Lipinski definition) is 1. The predicted molar refractivity (Wildman–Crippen MR) is 85.9 cm³/mol. The summed E-state index contributed by atoms with van der Waals surface area (Å²) in [5, 5.41) is 6.17. The number of carbonyl (C=O) groups is 1. The quantitative estimate of drug-likeness (QED) is 0.587. The number of aryl methyl sites for hydroxylation is 1. The van der Waals surface area contributed by atoms with E-state index in [2.05, 4.69) is 15.5 Å². The highest BCUT2D eigenvalue weighted by molar-refractivity contribution is 8.00. The van der Waals surface area contributed by atoms with Gasteiger partial charge in [-0.15, -0.1) is 11.8 Å². The second kappa shape index (κ2) is 8.43. The van der Waals surface area contributed by atoms with Crippen LogP contribution < -0.4 is 5.32 Å². The Morgan fingerprint density at radius 3 is 2.75 bits per heavy atom. The van der Waals surface area contributed by atoms with E-state index in [4.69, 9.17) is 4.52 Å². The molecule has 24 heavy (non-hydrogen) atoms. The van der Waals surface area contributed by atoms with E-state index in [1.165, 1.54) is 11.8 Å². The predicted octanol–water partition coefficient (Wildman–Crippen LogP) is 3.65. The SMILES string of the molecule is Cc1noc(CSc2ccccc2C(=O)NCCSC(F)(F)F)n1. The maximum absolute atomic E-state index is 12.1. The first kappa shape index (κ1) is 18.7. The molecule has 1 aromatic carbocycles. The molecule has 0 saturated heterocycles. The monoisotopic (exact) mass is 377 g/mol. The second-order valence-corrected chi connectivity index (χ2v) is 6.75. The van der Waals surface area contributed by atoms with Crippen LogP contribution in [0.15, 0.2) is 33.7 Å². The largest absolute Gasteiger partial charge is 0.441 e. The summed E-state index contributed by atoms with van der Waals surface area (Å²) in [4.78, 5) is 16.9. The molecule has 1 amide bonds. The fourth-order valence-corrected chi connectivity index (χ4v) is 3.07. The van der Waals surface area contributed by atoms with E-state index in [-0.39, 0.29) is 24.1 Å². The average Bonchev–Trinajstić information content (AvgIpc) is 2.94. The summed E-state index contributed by atoms with van der Waals surface area (Å²) in [5.41, 5.74) is -3.89. The summed E-state index contributed by atoms with van der Waals surface area (Å²) in [6, 6.07) is 6.85. The summed E-state index contributed by atoms with van der Waals surface area (Å²) in [6.07, 6.45) is 0. The number of benzene rings is 1. The van der Waals surface area contributed by atoms with Crippen LogP contribution in [-0.4, -0.2) is 33.9 Å². The third kappa shape index (κ3) is 6.08. The van der Waals surface area contributed by atoms with Crippen molar-refractivity contribution in [2.45, 2.75) is 23.1 Å². The van der Waals surface area contributed by atoms with Gasteiger partial charge in [0.25, 0.3) is 5.91 Å². The lowest BCUT2D eigenvalue weighted by atomic mass is 10.2. The highest BCUT2D eigenvalue weighted by atomic mass is 32.2. The molecule has 0 saturated carbocycles. The van der Waals surface area contributed by atoms with Gasteiger partial charge in [0, 0.05) is 17.2 Å². The van der Waals surface area contributed by atoms with Gasteiger partial charge in [0.2, 0.25) is 5.89 Å². The van der Waals surface area contributed by atoms with Crippen LogP contribution in [0.5, 0.6) is 0 Å². The Morgan fingerprint density at radius 2 is 2.08 bits per heavy atom. The van der Waals surface area contributed by atoms with Crippen LogP contribution in [0.4, 0.5) is 13.2 Å². The zero-order valence-electron chi connectivity index (χ0n) is 12.6. The Balaban J connectivity index is 1.91. The molecule has 1 aromatic heterocycles. The lowest BCUT2D eigenvalue weighted by molar-refractivity contribution is -0.0327. The van der Waals surface area contributed by atoms with E-state index in [1.807, 2.05) is 0 Å². The first-order chi connectivity index (χ1) is 11.3. The van der Waals surface area contributed by atoms with Crippen LogP contribution in [0.2, 0.25) is 0 Å². The van der Waals surface area contributed by atoms with Crippen molar-refractivity contribution in [2.24, 2.45) is 0 Å². The summed E-state index contributed by atoms with van der Waals surface area (Å²) >= 11 is 1.18. The molecule has 1 N–H and O–H groups in total. The van der Waals surface area contributed by atoms with E-state index < -0.39 is 11.4 Å². The van der Waals surface area contributed by atoms with Gasteiger partial charge in [-0.1, -0.05) is 17.3 Å². The number of hydrogen-bond acceptors (Lipinski definition) is 6. The van der Waals surface area contributed by atoms with Gasteiger partial charge in [-0.05, 0) is 30.8 Å². The molecule has 0 spiro atoms. The van der Waals surface area contributed by atoms with E-state index >= 15 is 0 Å². The number of aromatic nitrogens is 2. The normalized spacial score (nSPS) is 11.5. The summed E-state index contributed by atoms with van der Waals surface area (Å²) in [6.45, 7) is 1.64. The molecule has 0 bridgehead atoms. The molecule has 0 aliphatic carbocycles. The van der Waals surface area contributed by atoms with Crippen molar-refractivity contribution in [3.05, 3.63) is 41.5 Å². The van der Waals surface area contributed by atoms with Crippen LogP contribution in [0, 0.1) is 6.92 Å². The Morgan fingerprint density at radius 1 is 1.33 bits per heavy atom. The minimum atomic E-state index is -4.29. The van der Waals surface area contributed by atoms with Crippen molar-refractivity contribution < 1.29 is 22.5 Å². The molecule has 2 aromatic rings. The van der Waals surface area contributed by atoms with Crippen molar-refractivity contribution in [3.8, 4) is 0 Å². The number of amides is 1. The molecule has 0 aliphatic rings. The zero-order chi connectivity index (χ0) is 17.6. The molecule has 2 rings (SSSR count). The standard InChI is InChI=1S/C14H14F3N3O2S2/c1-9-19-12(22-20-9)8-23-11-5-3-2-4-10(11)13(21)18-6-7-24-14(15,16)17/h2-5H,6-8H2,1H3,(H,18,21). The molecule has 0 unspecified atom stereocenters. The second-order valence-electron chi connectivity index (χ2n) is 4.57. The van der Waals surface area contributed by atoms with Gasteiger partial charge in [0.1, 0.15) is 0 Å². The molecule has 0 fully saturated rings. The molecular weight excluding hydrogens is 363 g/mol. The van der Waals surface area contributed by atoms with Gasteiger partial charge in [-0.3, -0.25) is 4.79 Å². The van der Waals surface area contributed by atoms with Crippen LogP contribution in [0.25, 0.3) is 0 Å². The summed E-state index contributed by atoms with van der Waals surface area (Å²) in [7, 11) is 0. The van der Waals surface area contributed by atoms with Crippen molar-refractivity contribution in [1.29, 1.82) is 0 Å². The highest BCUT2D eigenvalue weighted by Gasteiger charge is 2.27. The molecule has 1 heterocycles. The lowest BCUT2D eigenvalue weighted by Gasteiger charge is -2.10. The Bertz CT molecular complexity index is 692. The van der Waals surface area contributed by atoms with Crippen molar-refractivity contribution in [1.82, 2.24) is 15.5 Å². The third-order valence-electron chi connectivity index (χ3n) is 2.71. The number of nitrogens with one attached hydrogen (secondary N) is 1. The van der Waals surface area contributed by atoms with Gasteiger partial charge >= 0.3 is 5.51 Å². The van der Waals surface area contributed by atoms with Gasteiger partial charge in [-0.25, -0.2) is 0 Å². The van der Waals surface area contributed by atoms with Crippen LogP contribution in [0.3, 0.4) is 0 Å². The average molecular weight is 377 g/mol. The van der Waals surface area contributed by atoms with E-state index in [0.717, 1.165) is 0 Å². The maximum atomic E-state index is 12.1. The first-order valence-electron chi connectivity index (χ1n) is 6.85. The lowest BCUT2D eigenvalue weighted by Crippen LogP contribution is -2.27. The number of alkyl halides is 3. The van der Waals surface area contributed by atoms with Gasteiger partial charge < -0.3 is 9.84 Å². The van der Waals surface area contributed by atoms with Crippen LogP contribution in [-0.2, 0) is 5.75 Å². The third-order valence-corrected chi connectivity index (χ3v) is 4.50. The number of rotatable bonds is 7. The van der Waals surface area contributed by atoms with E-state index in [1.54, 1.807) is 31.2 Å². The van der Waals surface area contributed by atoms with Crippen LogP contribution >= 0.6 is 23.5 Å². The molecule has 130 valence electrons. The van der Waals surface area contributed by atoms with Crippen molar-refractivity contribution in [3.63, 3.8) is 0 Å². The maximum Gasteiger partial charge on any atom is 0.441 e. The van der Waals surface area contributed by atoms with Gasteiger partial charge in [0.15, 0.2) is 5.82 Å². The fraction of sp³-hybridized carbons (Fsp3) is 0.357. The summed E-state index contributed by atoms with van der Waals surface area (Å²) in [5.74, 6) is 0.719. The van der Waals surface area contributed by atoms with E-state index in [9.17, 15) is 18.0 Å². The zero-order valence-corrected chi connectivity index (χ0v) is 14.2. The Kier molecular flexibility index (Phi) is 6.55. The Labute approximate surface area is 144 Å². The Hall–Kier alpha value is -1.68.